The van der Waals surface area contributed by atoms with Crippen LogP contribution in [-0.2, 0) is 13.6 Å². The van der Waals surface area contributed by atoms with Crippen molar-refractivity contribution in [1.29, 1.82) is 0 Å². The predicted molar refractivity (Wildman–Crippen MR) is 112 cm³/mol. The number of anilines is 1. The van der Waals surface area contributed by atoms with Gasteiger partial charge in [-0.05, 0) is 30.2 Å². The van der Waals surface area contributed by atoms with Crippen molar-refractivity contribution in [3.8, 4) is 0 Å². The number of benzene rings is 2. The normalized spacial score (nSPS) is 11.4. The molecule has 4 rings (SSSR count). The van der Waals surface area contributed by atoms with Crippen LogP contribution in [0.3, 0.4) is 0 Å². The zero-order valence-electron chi connectivity index (χ0n) is 16.3. The van der Waals surface area contributed by atoms with E-state index in [1.807, 2.05) is 36.6 Å². The summed E-state index contributed by atoms with van der Waals surface area (Å²) in [6.07, 6.45) is 0. The molecule has 2 aromatic carbocycles. The second-order valence-corrected chi connectivity index (χ2v) is 6.80. The van der Waals surface area contributed by atoms with Crippen LogP contribution in [0.1, 0.15) is 19.4 Å². The topological polar surface area (TPSA) is 75.9 Å². The van der Waals surface area contributed by atoms with Crippen molar-refractivity contribution in [3.05, 3.63) is 68.9 Å². The molecule has 0 fully saturated rings. The van der Waals surface area contributed by atoms with E-state index in [1.165, 1.54) is 4.57 Å². The van der Waals surface area contributed by atoms with Gasteiger partial charge in [0.15, 0.2) is 11.2 Å². The number of H-pyrrole nitrogens is 1. The van der Waals surface area contributed by atoms with E-state index in [0.717, 1.165) is 29.4 Å². The van der Waals surface area contributed by atoms with Gasteiger partial charge in [0.25, 0.3) is 5.56 Å². The van der Waals surface area contributed by atoms with Crippen molar-refractivity contribution in [3.63, 3.8) is 0 Å². The second kappa shape index (κ2) is 6.99. The molecule has 1 N–H and O–H groups in total. The fourth-order valence-corrected chi connectivity index (χ4v) is 3.72. The van der Waals surface area contributed by atoms with E-state index in [4.69, 9.17) is 0 Å². The molecule has 7 nitrogen and oxygen atoms in total. The zero-order chi connectivity index (χ0) is 19.8. The lowest BCUT2D eigenvalue weighted by molar-refractivity contribution is 0.746. The fraction of sp³-hybridized carbons (Fsp3) is 0.286. The summed E-state index contributed by atoms with van der Waals surface area (Å²) in [6, 6.07) is 14.4. The van der Waals surface area contributed by atoms with Crippen LogP contribution in [0.5, 0.6) is 0 Å². The lowest BCUT2D eigenvalue weighted by Crippen LogP contribution is -2.29. The van der Waals surface area contributed by atoms with Gasteiger partial charge in [0, 0.05) is 20.1 Å². The van der Waals surface area contributed by atoms with Crippen molar-refractivity contribution < 1.29 is 0 Å². The SMILES string of the molecule is CCN(CC)c1nc2c(c(=O)[nH]c(=O)n2C)n1Cc1cccc2ccccc12. The Hall–Kier alpha value is -3.35. The third-order valence-electron chi connectivity index (χ3n) is 5.24. The number of hydrogen-bond donors (Lipinski definition) is 1. The van der Waals surface area contributed by atoms with Crippen molar-refractivity contribution >= 4 is 27.9 Å². The van der Waals surface area contributed by atoms with E-state index in [0.29, 0.717) is 23.7 Å². The van der Waals surface area contributed by atoms with Gasteiger partial charge in [0.1, 0.15) is 0 Å². The first-order valence-electron chi connectivity index (χ1n) is 9.46. The van der Waals surface area contributed by atoms with Crippen LogP contribution in [-0.4, -0.2) is 32.2 Å². The van der Waals surface area contributed by atoms with E-state index < -0.39 is 11.2 Å². The van der Waals surface area contributed by atoms with Crippen molar-refractivity contribution in [2.45, 2.75) is 20.4 Å². The van der Waals surface area contributed by atoms with Gasteiger partial charge in [0.05, 0.1) is 6.54 Å². The summed E-state index contributed by atoms with van der Waals surface area (Å²) >= 11 is 0. The molecule has 0 aliphatic rings. The van der Waals surface area contributed by atoms with E-state index in [9.17, 15) is 9.59 Å². The molecule has 28 heavy (non-hydrogen) atoms. The van der Waals surface area contributed by atoms with Gasteiger partial charge >= 0.3 is 5.69 Å². The Bertz CT molecular complexity index is 1270. The molecule has 2 aromatic heterocycles. The van der Waals surface area contributed by atoms with Crippen LogP contribution in [0.2, 0.25) is 0 Å². The minimum Gasteiger partial charge on any atom is -0.343 e. The number of nitrogens with one attached hydrogen (secondary N) is 1. The van der Waals surface area contributed by atoms with Gasteiger partial charge in [-0.1, -0.05) is 42.5 Å². The van der Waals surface area contributed by atoms with Gasteiger partial charge in [-0.25, -0.2) is 4.79 Å². The molecule has 0 unspecified atom stereocenters. The smallest absolute Gasteiger partial charge is 0.329 e. The van der Waals surface area contributed by atoms with E-state index in [-0.39, 0.29) is 0 Å². The summed E-state index contributed by atoms with van der Waals surface area (Å²) in [5.74, 6) is 0.694. The highest BCUT2D eigenvalue weighted by molar-refractivity contribution is 5.86. The number of aryl methyl sites for hydroxylation is 1. The number of imidazole rings is 1. The Morgan fingerprint density at radius 1 is 1.04 bits per heavy atom. The molecule has 0 saturated carbocycles. The average molecular weight is 377 g/mol. The summed E-state index contributed by atoms with van der Waals surface area (Å²) in [6.45, 7) is 6.09. The first kappa shape index (κ1) is 18.0. The van der Waals surface area contributed by atoms with Crippen LogP contribution >= 0.6 is 0 Å². The average Bonchev–Trinajstić information content (AvgIpc) is 3.07. The third-order valence-corrected chi connectivity index (χ3v) is 5.24. The summed E-state index contributed by atoms with van der Waals surface area (Å²) in [7, 11) is 1.63. The summed E-state index contributed by atoms with van der Waals surface area (Å²) < 4.78 is 3.31. The van der Waals surface area contributed by atoms with E-state index in [1.54, 1.807) is 7.05 Å². The molecule has 0 radical (unpaired) electrons. The maximum Gasteiger partial charge on any atom is 0.329 e. The molecule has 0 bridgehead atoms. The van der Waals surface area contributed by atoms with Crippen molar-refractivity contribution in [2.24, 2.45) is 7.05 Å². The molecule has 144 valence electrons. The standard InChI is InChI=1S/C21H23N5O2/c1-4-25(5-2)20-22-18-17(19(27)23-21(28)24(18)3)26(20)13-15-11-8-10-14-9-6-7-12-16(14)15/h6-12H,4-5,13H2,1-3H3,(H,23,27,28). The van der Waals surface area contributed by atoms with Crippen LogP contribution < -0.4 is 16.1 Å². The summed E-state index contributed by atoms with van der Waals surface area (Å²) in [4.78, 5) is 33.9. The number of fused-ring (bicyclic) bond motifs is 2. The maximum absolute atomic E-state index is 12.7. The molecule has 0 amide bonds. The Morgan fingerprint density at radius 3 is 2.50 bits per heavy atom. The quantitative estimate of drug-likeness (QED) is 0.580. The molecule has 0 aliphatic carbocycles. The Kier molecular flexibility index (Phi) is 4.50. The van der Waals surface area contributed by atoms with Crippen molar-refractivity contribution in [1.82, 2.24) is 19.1 Å². The number of aromatic nitrogens is 4. The zero-order valence-corrected chi connectivity index (χ0v) is 16.3. The first-order chi connectivity index (χ1) is 13.5. The molecule has 4 aromatic rings. The third kappa shape index (κ3) is 2.79. The maximum atomic E-state index is 12.7. The Labute approximate surface area is 161 Å². The van der Waals surface area contributed by atoms with Crippen LogP contribution in [0.15, 0.2) is 52.1 Å². The van der Waals surface area contributed by atoms with Crippen LogP contribution in [0.25, 0.3) is 21.9 Å². The minimum atomic E-state index is -0.460. The molecule has 0 atom stereocenters. The van der Waals surface area contributed by atoms with Crippen molar-refractivity contribution in [2.75, 3.05) is 18.0 Å². The highest BCUT2D eigenvalue weighted by Crippen LogP contribution is 2.24. The molecular weight excluding hydrogens is 354 g/mol. The molecule has 0 saturated heterocycles. The van der Waals surface area contributed by atoms with Gasteiger partial charge < -0.3 is 4.90 Å². The second-order valence-electron chi connectivity index (χ2n) is 6.80. The number of hydrogen-bond acceptors (Lipinski definition) is 4. The number of aromatic amines is 1. The molecule has 0 aliphatic heterocycles. The monoisotopic (exact) mass is 377 g/mol. The summed E-state index contributed by atoms with van der Waals surface area (Å²) in [5, 5.41) is 2.29. The van der Waals surface area contributed by atoms with Gasteiger partial charge in [-0.15, -0.1) is 0 Å². The molecule has 2 heterocycles. The Balaban J connectivity index is 2.01. The molecule has 7 heteroatoms. The van der Waals surface area contributed by atoms with Crippen LogP contribution in [0.4, 0.5) is 5.95 Å². The Morgan fingerprint density at radius 2 is 1.75 bits per heavy atom. The minimum absolute atomic E-state index is 0.399. The lowest BCUT2D eigenvalue weighted by Gasteiger charge is -2.21. The number of nitrogens with zero attached hydrogens (tertiary/aromatic N) is 4. The van der Waals surface area contributed by atoms with Gasteiger partial charge in [0.2, 0.25) is 5.95 Å². The summed E-state index contributed by atoms with van der Waals surface area (Å²) in [5.41, 5.74) is 1.04. The van der Waals surface area contributed by atoms with E-state index in [2.05, 4.69) is 39.1 Å². The first-order valence-corrected chi connectivity index (χ1v) is 9.46. The van der Waals surface area contributed by atoms with Gasteiger partial charge in [-0.3, -0.25) is 18.9 Å². The fourth-order valence-electron chi connectivity index (χ4n) is 3.72. The highest BCUT2D eigenvalue weighted by atomic mass is 16.2. The van der Waals surface area contributed by atoms with E-state index >= 15 is 0 Å². The molecule has 0 spiro atoms. The highest BCUT2D eigenvalue weighted by Gasteiger charge is 2.20. The molecular formula is C21H23N5O2. The largest absolute Gasteiger partial charge is 0.343 e. The van der Waals surface area contributed by atoms with Crippen LogP contribution in [0, 0.1) is 0 Å². The number of rotatable bonds is 5. The predicted octanol–water partition coefficient (Wildman–Crippen LogP) is 2.47. The lowest BCUT2D eigenvalue weighted by atomic mass is 10.0. The van der Waals surface area contributed by atoms with Gasteiger partial charge in [-0.2, -0.15) is 4.98 Å².